The number of anilines is 2. The number of carbonyl (C=O) groups excluding carboxylic acids is 2. The van der Waals surface area contributed by atoms with Crippen LogP contribution in [0, 0.1) is 0 Å². The number of imidazole rings is 1. The number of aromatic amines is 1. The molecule has 2 amide bonds. The average molecular weight is 587 g/mol. The smallest absolute Gasteiger partial charge is 0.408 e. The molecule has 0 radical (unpaired) electrons. The second kappa shape index (κ2) is 11.9. The van der Waals surface area contributed by atoms with Crippen molar-refractivity contribution in [2.45, 2.75) is 45.3 Å². The van der Waals surface area contributed by atoms with Gasteiger partial charge in [0, 0.05) is 43.8 Å². The molecule has 0 spiro atoms. The van der Waals surface area contributed by atoms with E-state index >= 15 is 0 Å². The van der Waals surface area contributed by atoms with E-state index in [-0.39, 0.29) is 18.5 Å². The summed E-state index contributed by atoms with van der Waals surface area (Å²) in [4.78, 5) is 47.3. The van der Waals surface area contributed by atoms with Gasteiger partial charge in [0.25, 0.3) is 0 Å². The number of nitrogens with one attached hydrogen (secondary N) is 2. The highest BCUT2D eigenvalue weighted by Gasteiger charge is 2.29. The van der Waals surface area contributed by atoms with E-state index in [1.54, 1.807) is 38.3 Å². The number of alkyl carbamates (subject to hydrolysis) is 1. The van der Waals surface area contributed by atoms with Crippen molar-refractivity contribution in [1.29, 1.82) is 0 Å². The molecule has 2 aromatic carbocycles. The third-order valence-corrected chi connectivity index (χ3v) is 7.88. The quantitative estimate of drug-likeness (QED) is 0.333. The van der Waals surface area contributed by atoms with Gasteiger partial charge in [-0.05, 0) is 57.2 Å². The molecule has 2 aliphatic heterocycles. The van der Waals surface area contributed by atoms with Gasteiger partial charge in [-0.15, -0.1) is 0 Å². The molecule has 0 unspecified atom stereocenters. The fourth-order valence-corrected chi connectivity index (χ4v) is 5.78. The molecule has 4 aromatic rings. The zero-order valence-electron chi connectivity index (χ0n) is 24.9. The van der Waals surface area contributed by atoms with Crippen LogP contribution >= 0.6 is 0 Å². The summed E-state index contributed by atoms with van der Waals surface area (Å²) in [6.45, 7) is 9.29. The van der Waals surface area contributed by atoms with Crippen LogP contribution in [0.15, 0.2) is 49.1 Å². The van der Waals surface area contributed by atoms with Crippen LogP contribution in [-0.2, 0) is 9.53 Å². The summed E-state index contributed by atoms with van der Waals surface area (Å²) in [6.07, 6.45) is 4.73. The number of ether oxygens (including phenoxy) is 2. The van der Waals surface area contributed by atoms with Gasteiger partial charge < -0.3 is 34.5 Å². The lowest BCUT2D eigenvalue weighted by molar-refractivity contribution is -0.130. The number of hydrogen-bond acceptors (Lipinski definition) is 9. The summed E-state index contributed by atoms with van der Waals surface area (Å²) >= 11 is 0. The van der Waals surface area contributed by atoms with E-state index in [1.165, 1.54) is 0 Å². The molecule has 2 saturated heterocycles. The maximum absolute atomic E-state index is 12.7. The Morgan fingerprint density at radius 2 is 1.88 bits per heavy atom. The number of benzene rings is 2. The zero-order chi connectivity index (χ0) is 30.0. The van der Waals surface area contributed by atoms with E-state index in [2.05, 4.69) is 59.3 Å². The van der Waals surface area contributed by atoms with Crippen molar-refractivity contribution in [1.82, 2.24) is 30.2 Å². The molecule has 4 heterocycles. The summed E-state index contributed by atoms with van der Waals surface area (Å²) in [5, 5.41) is 4.73. The topological polar surface area (TPSA) is 129 Å². The second-order valence-corrected chi connectivity index (χ2v) is 12.0. The normalized spacial score (nSPS) is 17.5. The first-order valence-electron chi connectivity index (χ1n) is 14.8. The lowest BCUT2D eigenvalue weighted by Gasteiger charge is -2.36. The lowest BCUT2D eigenvalue weighted by Crippen LogP contribution is -2.51. The molecule has 0 aliphatic carbocycles. The molecule has 12 nitrogen and oxygen atoms in total. The predicted octanol–water partition coefficient (Wildman–Crippen LogP) is 3.73. The summed E-state index contributed by atoms with van der Waals surface area (Å²) in [7, 11) is 0. The third kappa shape index (κ3) is 6.42. The standard InChI is InChI=1S/C31H38N8O4/c1-31(2,3)43-30(41)32-17-26(40)38-14-12-37(13-15-38)22-10-9-21-6-4-8-25(24(21)16-22)42-18-23-7-5-11-39(23)29-27-28(34-19-33-27)35-20-36-29/h4,6,8-10,16,19-20,23H,5,7,11-15,17-18H2,1-3H3,(H,32,41)(H,33,34,35,36)/t23-/m1/s1. The summed E-state index contributed by atoms with van der Waals surface area (Å²) in [5.74, 6) is 1.58. The second-order valence-electron chi connectivity index (χ2n) is 12.0. The first kappa shape index (κ1) is 28.5. The van der Waals surface area contributed by atoms with Crippen molar-refractivity contribution in [3.05, 3.63) is 49.1 Å². The van der Waals surface area contributed by atoms with Gasteiger partial charge in [0.15, 0.2) is 11.5 Å². The van der Waals surface area contributed by atoms with Crippen LogP contribution in [0.5, 0.6) is 5.75 Å². The van der Waals surface area contributed by atoms with E-state index in [4.69, 9.17) is 9.47 Å². The predicted molar refractivity (Wildman–Crippen MR) is 165 cm³/mol. The highest BCUT2D eigenvalue weighted by molar-refractivity contribution is 5.91. The third-order valence-electron chi connectivity index (χ3n) is 7.88. The Bertz CT molecular complexity index is 1610. The molecule has 0 saturated carbocycles. The van der Waals surface area contributed by atoms with Crippen molar-refractivity contribution in [2.75, 3.05) is 55.7 Å². The van der Waals surface area contributed by atoms with Crippen molar-refractivity contribution in [2.24, 2.45) is 0 Å². The van der Waals surface area contributed by atoms with Gasteiger partial charge in [0.1, 0.15) is 36.3 Å². The van der Waals surface area contributed by atoms with Crippen LogP contribution < -0.4 is 19.9 Å². The van der Waals surface area contributed by atoms with Crippen LogP contribution in [0.3, 0.4) is 0 Å². The number of H-pyrrole nitrogens is 1. The van der Waals surface area contributed by atoms with E-state index < -0.39 is 11.7 Å². The molecule has 2 fully saturated rings. The largest absolute Gasteiger partial charge is 0.491 e. The summed E-state index contributed by atoms with van der Waals surface area (Å²) in [6, 6.07) is 12.7. The minimum absolute atomic E-state index is 0.0756. The maximum Gasteiger partial charge on any atom is 0.408 e. The number of nitrogens with zero attached hydrogens (tertiary/aromatic N) is 6. The molecule has 12 heteroatoms. The number of carbonyl (C=O) groups is 2. The first-order valence-corrected chi connectivity index (χ1v) is 14.8. The van der Waals surface area contributed by atoms with Gasteiger partial charge in [-0.3, -0.25) is 4.79 Å². The monoisotopic (exact) mass is 586 g/mol. The molecule has 226 valence electrons. The van der Waals surface area contributed by atoms with Crippen LogP contribution in [-0.4, -0.2) is 94.4 Å². The summed E-state index contributed by atoms with van der Waals surface area (Å²) in [5.41, 5.74) is 2.00. The van der Waals surface area contributed by atoms with Crippen molar-refractivity contribution < 1.29 is 19.1 Å². The Morgan fingerprint density at radius 1 is 1.05 bits per heavy atom. The number of hydrogen-bond donors (Lipinski definition) is 2. The number of fused-ring (bicyclic) bond motifs is 2. The van der Waals surface area contributed by atoms with Crippen LogP contribution in [0.4, 0.5) is 16.3 Å². The molecule has 0 bridgehead atoms. The van der Waals surface area contributed by atoms with Crippen LogP contribution in [0.25, 0.3) is 21.9 Å². The molecule has 2 aromatic heterocycles. The van der Waals surface area contributed by atoms with Crippen LogP contribution in [0.1, 0.15) is 33.6 Å². The van der Waals surface area contributed by atoms with Gasteiger partial charge >= 0.3 is 6.09 Å². The molecule has 1 atom stereocenters. The van der Waals surface area contributed by atoms with Crippen molar-refractivity contribution in [3.8, 4) is 5.75 Å². The highest BCUT2D eigenvalue weighted by atomic mass is 16.6. The fraction of sp³-hybridized carbons (Fsp3) is 0.452. The van der Waals surface area contributed by atoms with Crippen molar-refractivity contribution in [3.63, 3.8) is 0 Å². The summed E-state index contributed by atoms with van der Waals surface area (Å²) < 4.78 is 11.7. The van der Waals surface area contributed by atoms with Gasteiger partial charge in [-0.1, -0.05) is 18.2 Å². The highest BCUT2D eigenvalue weighted by Crippen LogP contribution is 2.32. The van der Waals surface area contributed by atoms with Gasteiger partial charge in [0.05, 0.1) is 12.4 Å². The number of piperazine rings is 1. The van der Waals surface area contributed by atoms with E-state index in [0.717, 1.165) is 58.6 Å². The molecular formula is C31H38N8O4. The number of aromatic nitrogens is 4. The maximum atomic E-state index is 12.7. The Labute approximate surface area is 250 Å². The number of rotatable bonds is 7. The van der Waals surface area contributed by atoms with E-state index in [9.17, 15) is 9.59 Å². The Balaban J connectivity index is 1.08. The molecule has 6 rings (SSSR count). The Kier molecular flexibility index (Phi) is 7.92. The Morgan fingerprint density at radius 3 is 2.70 bits per heavy atom. The molecule has 2 aliphatic rings. The average Bonchev–Trinajstić information content (AvgIpc) is 3.67. The van der Waals surface area contributed by atoms with Gasteiger partial charge in [-0.2, -0.15) is 0 Å². The minimum atomic E-state index is -0.606. The molecule has 2 N–H and O–H groups in total. The van der Waals surface area contributed by atoms with Crippen molar-refractivity contribution >= 4 is 45.4 Å². The van der Waals surface area contributed by atoms with Gasteiger partial charge in [-0.25, -0.2) is 19.7 Å². The minimum Gasteiger partial charge on any atom is -0.491 e. The van der Waals surface area contributed by atoms with Crippen LogP contribution in [0.2, 0.25) is 0 Å². The lowest BCUT2D eigenvalue weighted by atomic mass is 10.1. The fourth-order valence-electron chi connectivity index (χ4n) is 5.78. The zero-order valence-corrected chi connectivity index (χ0v) is 24.9. The first-order chi connectivity index (χ1) is 20.7. The Hall–Kier alpha value is -4.61. The number of amides is 2. The molecular weight excluding hydrogens is 548 g/mol. The van der Waals surface area contributed by atoms with E-state index in [0.29, 0.717) is 32.8 Å². The van der Waals surface area contributed by atoms with Gasteiger partial charge in [0.2, 0.25) is 5.91 Å². The molecule has 43 heavy (non-hydrogen) atoms. The van der Waals surface area contributed by atoms with E-state index in [1.807, 2.05) is 12.1 Å². The SMILES string of the molecule is CC(C)(C)OC(=O)NCC(=O)N1CCN(c2ccc3cccc(OC[C@H]4CCCN4c4ncnc5[nH]cnc45)c3c2)CC1.